The van der Waals surface area contributed by atoms with Gasteiger partial charge in [-0.1, -0.05) is 6.07 Å². The number of hydrogen-bond donors (Lipinski definition) is 2. The van der Waals surface area contributed by atoms with Gasteiger partial charge in [-0.15, -0.1) is 34.0 Å². The molecule has 0 saturated heterocycles. The molecule has 90 valence electrons. The highest BCUT2D eigenvalue weighted by Crippen LogP contribution is 2.16. The molecular formula is C10H15Br2N3S. The monoisotopic (exact) mass is 367 g/mol. The number of halogens is 2. The second kappa shape index (κ2) is 8.11. The molecule has 0 fully saturated rings. The first-order chi connectivity index (χ1) is 6.90. The van der Waals surface area contributed by atoms with Crippen molar-refractivity contribution in [1.29, 1.82) is 0 Å². The summed E-state index contributed by atoms with van der Waals surface area (Å²) in [5, 5.41) is 0. The lowest BCUT2D eigenvalue weighted by Crippen LogP contribution is -2.01. The molecule has 0 aliphatic heterocycles. The first-order valence-electron chi connectivity index (χ1n) is 4.60. The highest BCUT2D eigenvalue weighted by atomic mass is 79.9. The van der Waals surface area contributed by atoms with Crippen LogP contribution >= 0.6 is 45.7 Å². The van der Waals surface area contributed by atoms with Crippen LogP contribution < -0.4 is 5.73 Å². The normalized spacial score (nSPS) is 9.56. The molecule has 0 bridgehead atoms. The molecule has 1 aromatic heterocycles. The van der Waals surface area contributed by atoms with Gasteiger partial charge in [-0.25, -0.2) is 4.98 Å². The minimum atomic E-state index is 0. The number of benzene rings is 1. The summed E-state index contributed by atoms with van der Waals surface area (Å²) in [5.74, 6) is 2.03. The summed E-state index contributed by atoms with van der Waals surface area (Å²) in [6.07, 6.45) is 1.72. The zero-order valence-electron chi connectivity index (χ0n) is 8.68. The molecule has 0 aliphatic carbocycles. The molecule has 6 heteroatoms. The molecule has 0 spiro atoms. The third kappa shape index (κ3) is 4.08. The van der Waals surface area contributed by atoms with Gasteiger partial charge in [-0.3, -0.25) is 0 Å². The molecule has 1 aromatic carbocycles. The summed E-state index contributed by atoms with van der Waals surface area (Å²) in [7, 11) is 0. The number of H-pyrrole nitrogens is 1. The first-order valence-corrected chi connectivity index (χ1v) is 5.75. The maximum absolute atomic E-state index is 5.43. The Morgan fingerprint density at radius 2 is 2.12 bits per heavy atom. The van der Waals surface area contributed by atoms with Crippen molar-refractivity contribution in [2.24, 2.45) is 5.73 Å². The molecule has 0 amide bonds. The summed E-state index contributed by atoms with van der Waals surface area (Å²) in [4.78, 5) is 7.28. The maximum Gasteiger partial charge on any atom is 0.0931 e. The topological polar surface area (TPSA) is 54.7 Å². The molecule has 0 radical (unpaired) electrons. The highest BCUT2D eigenvalue weighted by molar-refractivity contribution is 8.93. The van der Waals surface area contributed by atoms with Crippen molar-refractivity contribution in [2.45, 2.75) is 5.75 Å². The van der Waals surface area contributed by atoms with Crippen LogP contribution in [0.1, 0.15) is 5.56 Å². The van der Waals surface area contributed by atoms with E-state index in [0.717, 1.165) is 29.1 Å². The van der Waals surface area contributed by atoms with Crippen LogP contribution in [-0.4, -0.2) is 22.3 Å². The zero-order chi connectivity index (χ0) is 9.80. The van der Waals surface area contributed by atoms with E-state index in [-0.39, 0.29) is 34.0 Å². The van der Waals surface area contributed by atoms with Crippen LogP contribution in [0.2, 0.25) is 0 Å². The van der Waals surface area contributed by atoms with Gasteiger partial charge < -0.3 is 10.7 Å². The molecule has 0 saturated carbocycles. The van der Waals surface area contributed by atoms with Crippen molar-refractivity contribution in [3.05, 3.63) is 30.1 Å². The summed E-state index contributed by atoms with van der Waals surface area (Å²) in [6.45, 7) is 0.747. The number of rotatable bonds is 4. The van der Waals surface area contributed by atoms with Crippen LogP contribution in [0.4, 0.5) is 0 Å². The van der Waals surface area contributed by atoms with Gasteiger partial charge in [0.05, 0.1) is 17.4 Å². The second-order valence-corrected chi connectivity index (χ2v) is 4.20. The number of nitrogens with zero attached hydrogens (tertiary/aromatic N) is 1. The fourth-order valence-electron chi connectivity index (χ4n) is 1.35. The van der Waals surface area contributed by atoms with E-state index in [0.29, 0.717) is 0 Å². The molecule has 0 unspecified atom stereocenters. The van der Waals surface area contributed by atoms with E-state index in [1.54, 1.807) is 6.33 Å². The molecular weight excluding hydrogens is 354 g/mol. The SMILES string of the molecule is Br.Br.NCCSCc1ccc2nc[nH]c2c1. The van der Waals surface area contributed by atoms with Gasteiger partial charge in [0.1, 0.15) is 0 Å². The second-order valence-electron chi connectivity index (χ2n) is 3.10. The van der Waals surface area contributed by atoms with Crippen molar-refractivity contribution in [3.8, 4) is 0 Å². The molecule has 16 heavy (non-hydrogen) atoms. The van der Waals surface area contributed by atoms with Crippen LogP contribution in [0.15, 0.2) is 24.5 Å². The number of thioether (sulfide) groups is 1. The molecule has 3 N–H and O–H groups in total. The van der Waals surface area contributed by atoms with E-state index in [4.69, 9.17) is 5.73 Å². The van der Waals surface area contributed by atoms with E-state index >= 15 is 0 Å². The Morgan fingerprint density at radius 3 is 2.88 bits per heavy atom. The van der Waals surface area contributed by atoms with Crippen LogP contribution in [0.25, 0.3) is 11.0 Å². The molecule has 3 nitrogen and oxygen atoms in total. The van der Waals surface area contributed by atoms with Crippen molar-refractivity contribution in [1.82, 2.24) is 9.97 Å². The van der Waals surface area contributed by atoms with Gasteiger partial charge in [-0.2, -0.15) is 11.8 Å². The molecule has 1 heterocycles. The maximum atomic E-state index is 5.43. The minimum absolute atomic E-state index is 0. The van der Waals surface area contributed by atoms with Crippen molar-refractivity contribution in [3.63, 3.8) is 0 Å². The Bertz CT molecular complexity index is 419. The van der Waals surface area contributed by atoms with Gasteiger partial charge in [-0.05, 0) is 17.7 Å². The number of fused-ring (bicyclic) bond motifs is 1. The largest absolute Gasteiger partial charge is 0.345 e. The van der Waals surface area contributed by atoms with Crippen LogP contribution in [0, 0.1) is 0 Å². The first kappa shape index (κ1) is 16.0. The Kier molecular flexibility index (Phi) is 8.09. The van der Waals surface area contributed by atoms with Gasteiger partial charge in [0.25, 0.3) is 0 Å². The zero-order valence-corrected chi connectivity index (χ0v) is 12.9. The van der Waals surface area contributed by atoms with Gasteiger partial charge in [0, 0.05) is 18.1 Å². The molecule has 0 aliphatic rings. The molecule has 0 atom stereocenters. The summed E-state index contributed by atoms with van der Waals surface area (Å²) < 4.78 is 0. The van der Waals surface area contributed by atoms with Crippen molar-refractivity contribution < 1.29 is 0 Å². The van der Waals surface area contributed by atoms with Gasteiger partial charge >= 0.3 is 0 Å². The van der Waals surface area contributed by atoms with Crippen LogP contribution in [0.3, 0.4) is 0 Å². The number of imidazole rings is 1. The molecule has 2 rings (SSSR count). The molecule has 2 aromatic rings. The van der Waals surface area contributed by atoms with E-state index in [9.17, 15) is 0 Å². The average molecular weight is 369 g/mol. The Hall–Kier alpha value is -0.0400. The van der Waals surface area contributed by atoms with Crippen molar-refractivity contribution in [2.75, 3.05) is 12.3 Å². The standard InChI is InChI=1S/C10H13N3S.2BrH/c11-3-4-14-6-8-1-2-9-10(5-8)13-7-12-9;;/h1-2,5,7H,3-4,6,11H2,(H,12,13);2*1H. The minimum Gasteiger partial charge on any atom is -0.345 e. The Balaban J connectivity index is 0.00000112. The summed E-state index contributed by atoms with van der Waals surface area (Å²) in [5.41, 5.74) is 8.88. The van der Waals surface area contributed by atoms with E-state index in [1.165, 1.54) is 5.56 Å². The number of aromatic amines is 1. The van der Waals surface area contributed by atoms with Crippen LogP contribution in [-0.2, 0) is 5.75 Å². The average Bonchev–Trinajstić information content (AvgIpc) is 2.65. The van der Waals surface area contributed by atoms with E-state index in [2.05, 4.69) is 22.1 Å². The third-order valence-electron chi connectivity index (χ3n) is 2.02. The predicted molar refractivity (Wildman–Crippen MR) is 82.0 cm³/mol. The predicted octanol–water partition coefficient (Wildman–Crippen LogP) is 2.91. The van der Waals surface area contributed by atoms with Gasteiger partial charge in [0.15, 0.2) is 0 Å². The van der Waals surface area contributed by atoms with E-state index < -0.39 is 0 Å². The quantitative estimate of drug-likeness (QED) is 0.815. The number of aromatic nitrogens is 2. The lowest BCUT2D eigenvalue weighted by molar-refractivity contribution is 1.15. The third-order valence-corrected chi connectivity index (χ3v) is 3.08. The lowest BCUT2D eigenvalue weighted by Gasteiger charge is -2.00. The van der Waals surface area contributed by atoms with Crippen molar-refractivity contribution >= 4 is 56.8 Å². The summed E-state index contributed by atoms with van der Waals surface area (Å²) >= 11 is 1.86. The fourth-order valence-corrected chi connectivity index (χ4v) is 2.07. The highest BCUT2D eigenvalue weighted by Gasteiger charge is 1.97. The fraction of sp³-hybridized carbons (Fsp3) is 0.300. The van der Waals surface area contributed by atoms with Gasteiger partial charge in [0.2, 0.25) is 0 Å². The number of hydrogen-bond acceptors (Lipinski definition) is 3. The summed E-state index contributed by atoms with van der Waals surface area (Å²) in [6, 6.07) is 6.31. The van der Waals surface area contributed by atoms with E-state index in [1.807, 2.05) is 17.8 Å². The Labute approximate surface area is 120 Å². The lowest BCUT2D eigenvalue weighted by atomic mass is 10.2. The Morgan fingerprint density at radius 1 is 1.31 bits per heavy atom. The smallest absolute Gasteiger partial charge is 0.0931 e. The number of nitrogens with one attached hydrogen (secondary N) is 1. The number of nitrogens with two attached hydrogens (primary N) is 1. The van der Waals surface area contributed by atoms with Crippen LogP contribution in [0.5, 0.6) is 0 Å².